The Balaban J connectivity index is 0.00000133. The maximum absolute atomic E-state index is 9.50. The van der Waals surface area contributed by atoms with Gasteiger partial charge in [-0.1, -0.05) is 11.6 Å². The Labute approximate surface area is 122 Å². The van der Waals surface area contributed by atoms with Crippen LogP contribution in [0.3, 0.4) is 0 Å². The van der Waals surface area contributed by atoms with Crippen LogP contribution < -0.4 is 0 Å². The number of pyridine rings is 2. The SMILES string of the molecule is Cl.O[C@@H]1CCN(Cc2cnc3c(Cl)nccc3c2)C1. The molecular formula is C13H15Cl2N3O. The van der Waals surface area contributed by atoms with E-state index in [-0.39, 0.29) is 18.5 Å². The zero-order valence-electron chi connectivity index (χ0n) is 10.3. The standard InChI is InChI=1S/C13H14ClN3O.ClH/c14-13-12-10(1-3-15-13)5-9(6-16-12)7-17-4-2-11(18)8-17;/h1,3,5-6,11,18H,2,4,7-8H2;1H/t11-;/m1./s1. The van der Waals surface area contributed by atoms with Crippen LogP contribution in [0.1, 0.15) is 12.0 Å². The molecule has 1 aliphatic rings. The third-order valence-electron chi connectivity index (χ3n) is 3.26. The van der Waals surface area contributed by atoms with Crippen molar-refractivity contribution < 1.29 is 5.11 Å². The number of fused-ring (bicyclic) bond motifs is 1. The van der Waals surface area contributed by atoms with Crippen LogP contribution in [0.5, 0.6) is 0 Å². The average molecular weight is 300 g/mol. The Hall–Kier alpha value is -0.940. The Bertz CT molecular complexity index is 579. The summed E-state index contributed by atoms with van der Waals surface area (Å²) in [5.74, 6) is 0. The first kappa shape index (κ1) is 14.5. The molecule has 6 heteroatoms. The van der Waals surface area contributed by atoms with Crippen molar-refractivity contribution in [3.8, 4) is 0 Å². The summed E-state index contributed by atoms with van der Waals surface area (Å²) in [7, 11) is 0. The molecule has 0 radical (unpaired) electrons. The maximum Gasteiger partial charge on any atom is 0.155 e. The van der Waals surface area contributed by atoms with E-state index < -0.39 is 0 Å². The van der Waals surface area contributed by atoms with Crippen LogP contribution >= 0.6 is 24.0 Å². The topological polar surface area (TPSA) is 49.2 Å². The van der Waals surface area contributed by atoms with Crippen LogP contribution in [0.15, 0.2) is 24.5 Å². The van der Waals surface area contributed by atoms with Gasteiger partial charge in [-0.2, -0.15) is 0 Å². The first-order valence-electron chi connectivity index (χ1n) is 6.02. The zero-order valence-corrected chi connectivity index (χ0v) is 11.9. The van der Waals surface area contributed by atoms with Gasteiger partial charge in [-0.15, -0.1) is 12.4 Å². The first-order valence-corrected chi connectivity index (χ1v) is 6.40. The largest absolute Gasteiger partial charge is 0.392 e. The average Bonchev–Trinajstić information content (AvgIpc) is 2.75. The van der Waals surface area contributed by atoms with Gasteiger partial charge in [0.25, 0.3) is 0 Å². The van der Waals surface area contributed by atoms with Crippen LogP contribution in [0, 0.1) is 0 Å². The van der Waals surface area contributed by atoms with Crippen molar-refractivity contribution in [2.24, 2.45) is 0 Å². The van der Waals surface area contributed by atoms with E-state index in [9.17, 15) is 5.11 Å². The van der Waals surface area contributed by atoms with Crippen molar-refractivity contribution in [2.45, 2.75) is 19.1 Å². The molecule has 0 unspecified atom stereocenters. The Morgan fingerprint density at radius 2 is 2.26 bits per heavy atom. The number of nitrogens with zero attached hydrogens (tertiary/aromatic N) is 3. The fraction of sp³-hybridized carbons (Fsp3) is 0.385. The Morgan fingerprint density at radius 1 is 1.42 bits per heavy atom. The number of hydrogen-bond donors (Lipinski definition) is 1. The smallest absolute Gasteiger partial charge is 0.155 e. The highest BCUT2D eigenvalue weighted by Crippen LogP contribution is 2.21. The molecule has 0 spiro atoms. The second-order valence-electron chi connectivity index (χ2n) is 4.69. The number of aliphatic hydroxyl groups is 1. The molecule has 1 aliphatic heterocycles. The third kappa shape index (κ3) is 3.15. The number of β-amino-alcohol motifs (C(OH)–C–C–N with tert-alkyl or cyclic N) is 1. The van der Waals surface area contributed by atoms with Crippen LogP contribution in [0.2, 0.25) is 5.15 Å². The van der Waals surface area contributed by atoms with E-state index >= 15 is 0 Å². The molecule has 1 N–H and O–H groups in total. The number of rotatable bonds is 2. The van der Waals surface area contributed by atoms with Crippen molar-refractivity contribution in [1.29, 1.82) is 0 Å². The molecule has 1 atom stereocenters. The van der Waals surface area contributed by atoms with E-state index in [0.717, 1.165) is 42.5 Å². The summed E-state index contributed by atoms with van der Waals surface area (Å²) in [6.45, 7) is 2.51. The molecule has 0 amide bonds. The van der Waals surface area contributed by atoms with Crippen molar-refractivity contribution in [3.63, 3.8) is 0 Å². The highest BCUT2D eigenvalue weighted by Gasteiger charge is 2.20. The minimum Gasteiger partial charge on any atom is -0.392 e. The summed E-state index contributed by atoms with van der Waals surface area (Å²) >= 11 is 5.98. The molecule has 1 saturated heterocycles. The van der Waals surface area contributed by atoms with Crippen LogP contribution in [-0.2, 0) is 6.54 Å². The molecule has 0 aromatic carbocycles. The lowest BCUT2D eigenvalue weighted by Crippen LogP contribution is -2.21. The number of aromatic nitrogens is 2. The van der Waals surface area contributed by atoms with Crippen LogP contribution in [0.25, 0.3) is 10.9 Å². The highest BCUT2D eigenvalue weighted by atomic mass is 35.5. The monoisotopic (exact) mass is 299 g/mol. The summed E-state index contributed by atoms with van der Waals surface area (Å²) in [6.07, 6.45) is 4.20. The van der Waals surface area contributed by atoms with E-state index in [1.54, 1.807) is 6.20 Å². The summed E-state index contributed by atoms with van der Waals surface area (Å²) in [5.41, 5.74) is 1.88. The van der Waals surface area contributed by atoms with Gasteiger partial charge < -0.3 is 5.11 Å². The molecule has 1 fully saturated rings. The van der Waals surface area contributed by atoms with Gasteiger partial charge in [-0.3, -0.25) is 9.88 Å². The lowest BCUT2D eigenvalue weighted by molar-refractivity contribution is 0.175. The molecule has 0 saturated carbocycles. The number of aliphatic hydroxyl groups excluding tert-OH is 1. The van der Waals surface area contributed by atoms with Crippen molar-refractivity contribution >= 4 is 34.9 Å². The fourth-order valence-corrected chi connectivity index (χ4v) is 2.59. The van der Waals surface area contributed by atoms with Gasteiger partial charge in [-0.25, -0.2) is 4.98 Å². The fourth-order valence-electron chi connectivity index (χ4n) is 2.37. The van der Waals surface area contributed by atoms with Crippen molar-refractivity contribution in [3.05, 3.63) is 35.2 Å². The van der Waals surface area contributed by atoms with Gasteiger partial charge in [0.2, 0.25) is 0 Å². The summed E-state index contributed by atoms with van der Waals surface area (Å²) in [6, 6.07) is 4.00. The van der Waals surface area contributed by atoms with Gasteiger partial charge in [0.1, 0.15) is 5.52 Å². The predicted molar refractivity (Wildman–Crippen MR) is 77.7 cm³/mol. The van der Waals surface area contributed by atoms with E-state index in [0.29, 0.717) is 5.15 Å². The lowest BCUT2D eigenvalue weighted by atomic mass is 10.2. The quantitative estimate of drug-likeness (QED) is 0.864. The van der Waals surface area contributed by atoms with Gasteiger partial charge in [-0.05, 0) is 24.1 Å². The van der Waals surface area contributed by atoms with Crippen molar-refractivity contribution in [2.75, 3.05) is 13.1 Å². The van der Waals surface area contributed by atoms with Crippen LogP contribution in [-0.4, -0.2) is 39.2 Å². The van der Waals surface area contributed by atoms with Gasteiger partial charge >= 0.3 is 0 Å². The summed E-state index contributed by atoms with van der Waals surface area (Å²) in [4.78, 5) is 10.6. The summed E-state index contributed by atoms with van der Waals surface area (Å²) in [5, 5.41) is 10.9. The van der Waals surface area contributed by atoms with E-state index in [1.807, 2.05) is 12.3 Å². The highest BCUT2D eigenvalue weighted by molar-refractivity contribution is 6.33. The van der Waals surface area contributed by atoms with E-state index in [4.69, 9.17) is 11.6 Å². The Morgan fingerprint density at radius 3 is 3.00 bits per heavy atom. The summed E-state index contributed by atoms with van der Waals surface area (Å²) < 4.78 is 0. The van der Waals surface area contributed by atoms with E-state index in [1.165, 1.54) is 0 Å². The molecule has 4 nitrogen and oxygen atoms in total. The zero-order chi connectivity index (χ0) is 12.5. The maximum atomic E-state index is 9.50. The van der Waals surface area contributed by atoms with Crippen LogP contribution in [0.4, 0.5) is 0 Å². The molecular weight excluding hydrogens is 285 g/mol. The predicted octanol–water partition coefficient (Wildman–Crippen LogP) is 2.27. The van der Waals surface area contributed by atoms with Gasteiger partial charge in [0.05, 0.1) is 6.10 Å². The molecule has 102 valence electrons. The van der Waals surface area contributed by atoms with Crippen molar-refractivity contribution in [1.82, 2.24) is 14.9 Å². The third-order valence-corrected chi connectivity index (χ3v) is 3.54. The second-order valence-corrected chi connectivity index (χ2v) is 5.05. The minimum atomic E-state index is -0.183. The van der Waals surface area contributed by atoms with E-state index in [2.05, 4.69) is 20.9 Å². The molecule has 2 aromatic rings. The molecule has 0 bridgehead atoms. The van der Waals surface area contributed by atoms with Gasteiger partial charge in [0, 0.05) is 37.4 Å². The number of halogens is 2. The Kier molecular flexibility index (Phi) is 4.58. The molecule has 3 heterocycles. The minimum absolute atomic E-state index is 0. The second kappa shape index (κ2) is 6.01. The molecule has 3 rings (SSSR count). The first-order chi connectivity index (χ1) is 8.72. The lowest BCUT2D eigenvalue weighted by Gasteiger charge is -2.14. The molecule has 19 heavy (non-hydrogen) atoms. The number of hydrogen-bond acceptors (Lipinski definition) is 4. The van der Waals surface area contributed by atoms with Gasteiger partial charge in [0.15, 0.2) is 5.15 Å². The molecule has 0 aliphatic carbocycles. The molecule has 2 aromatic heterocycles. The number of likely N-dealkylation sites (tertiary alicyclic amines) is 1. The normalized spacial score (nSPS) is 19.6.